The molecule has 0 aromatic carbocycles. The van der Waals surface area contributed by atoms with Crippen LogP contribution >= 0.6 is 0 Å². The van der Waals surface area contributed by atoms with E-state index in [0.717, 1.165) is 21.1 Å². The number of alkyl halides is 2. The number of unbranched alkanes of at least 4 members (excludes halogenated alkanes) is 1. The molecule has 3 saturated heterocycles. The van der Waals surface area contributed by atoms with E-state index in [1.165, 1.54) is 82.7 Å². The summed E-state index contributed by atoms with van der Waals surface area (Å²) in [6.07, 6.45) is 2.72. The second-order valence-corrected chi connectivity index (χ2v) is 28.9. The number of piperidine rings is 1. The molecule has 2 aliphatic carbocycles. The smallest absolute Gasteiger partial charge is 0.246 e. The zero-order chi connectivity index (χ0) is 71.8. The molecule has 3 heterocycles. The minimum atomic E-state index is -1.76. The van der Waals surface area contributed by atoms with E-state index in [1.54, 1.807) is 25.9 Å². The minimum absolute atomic E-state index is 0.00622. The van der Waals surface area contributed by atoms with Gasteiger partial charge < -0.3 is 65.2 Å². The molecular formula is C69H116F2N12O13. The van der Waals surface area contributed by atoms with E-state index in [4.69, 9.17) is 4.74 Å². The number of carbonyl (C=O) groups is 12. The quantitative estimate of drug-likeness (QED) is 0.191. The summed E-state index contributed by atoms with van der Waals surface area (Å²) in [7, 11) is 10.0. The first-order valence-electron chi connectivity index (χ1n) is 35.4. The molecule has 0 spiro atoms. The molecule has 544 valence electrons. The van der Waals surface area contributed by atoms with Gasteiger partial charge in [0, 0.05) is 74.9 Å². The Morgan fingerprint density at radius 1 is 0.625 bits per heavy atom. The first-order chi connectivity index (χ1) is 45.2. The van der Waals surface area contributed by atoms with E-state index in [9.17, 15) is 52.7 Å². The topological polar surface area (TPSA) is 288 Å². The summed E-state index contributed by atoms with van der Waals surface area (Å²) in [5.41, 5.74) is -1.76. The van der Waals surface area contributed by atoms with Crippen molar-refractivity contribution in [3.63, 3.8) is 0 Å². The summed E-state index contributed by atoms with van der Waals surface area (Å²) in [4.78, 5) is 187. The first-order valence-corrected chi connectivity index (χ1v) is 35.4. The number of likely N-dealkylation sites (N-methyl/N-ethyl adjacent to an activating group) is 6. The van der Waals surface area contributed by atoms with E-state index in [1.807, 2.05) is 27.7 Å². The Balaban J connectivity index is 1.61. The van der Waals surface area contributed by atoms with E-state index in [2.05, 4.69) is 21.3 Å². The third kappa shape index (κ3) is 20.1. The minimum Gasteiger partial charge on any atom is -0.381 e. The van der Waals surface area contributed by atoms with Crippen LogP contribution in [-0.4, -0.2) is 264 Å². The van der Waals surface area contributed by atoms with Gasteiger partial charge in [0.25, 0.3) is 0 Å². The summed E-state index contributed by atoms with van der Waals surface area (Å²) in [6, 6.07) is -11.5. The van der Waals surface area contributed by atoms with E-state index >= 15 is 13.6 Å². The highest BCUT2D eigenvalue weighted by Gasteiger charge is 2.48. The molecule has 5 rings (SSSR count). The van der Waals surface area contributed by atoms with Crippen LogP contribution < -0.4 is 21.3 Å². The number of likely N-dealkylation sites (tertiary alicyclic amines) is 1. The molecule has 27 heteroatoms. The van der Waals surface area contributed by atoms with Gasteiger partial charge >= 0.3 is 0 Å². The second-order valence-electron chi connectivity index (χ2n) is 28.9. The summed E-state index contributed by atoms with van der Waals surface area (Å²) in [5, 5.41) is 11.1. The molecule has 0 radical (unpaired) electrons. The molecular weight excluding hydrogens is 1240 g/mol. The van der Waals surface area contributed by atoms with Crippen molar-refractivity contribution in [2.75, 3.05) is 75.6 Å². The van der Waals surface area contributed by atoms with Gasteiger partial charge in [0.05, 0.1) is 19.1 Å². The maximum Gasteiger partial charge on any atom is 0.246 e. The third-order valence-corrected chi connectivity index (χ3v) is 21.4. The number of hydrogen-bond acceptors (Lipinski definition) is 13. The molecule has 2 unspecified atom stereocenters. The lowest BCUT2D eigenvalue weighted by molar-refractivity contribution is -0.160. The van der Waals surface area contributed by atoms with E-state index in [-0.39, 0.29) is 75.9 Å². The Kier molecular flexibility index (Phi) is 30.3. The predicted octanol–water partition coefficient (Wildman–Crippen LogP) is 4.12. The number of nitrogens with one attached hydrogen (secondary N) is 4. The summed E-state index contributed by atoms with van der Waals surface area (Å²) >= 11 is 0. The molecule has 12 amide bonds. The number of fused-ring (bicyclic) bond motifs is 1. The van der Waals surface area contributed by atoms with Crippen LogP contribution in [0.3, 0.4) is 0 Å². The first kappa shape index (κ1) is 80.1. The van der Waals surface area contributed by atoms with Gasteiger partial charge in [0.1, 0.15) is 72.3 Å². The second kappa shape index (κ2) is 36.3. The molecule has 0 aromatic heterocycles. The number of amides is 12. The zero-order valence-corrected chi connectivity index (χ0v) is 60.3. The van der Waals surface area contributed by atoms with Gasteiger partial charge in [-0.05, 0) is 141 Å². The highest BCUT2D eigenvalue weighted by Crippen LogP contribution is 2.35. The zero-order valence-electron chi connectivity index (χ0n) is 60.3. The molecule has 5 aliphatic rings. The van der Waals surface area contributed by atoms with Gasteiger partial charge in [0.2, 0.25) is 70.9 Å². The monoisotopic (exact) mass is 1360 g/mol. The summed E-state index contributed by atoms with van der Waals surface area (Å²) in [5.74, 6) is -10.5. The molecule has 12 atom stereocenters. The van der Waals surface area contributed by atoms with Crippen molar-refractivity contribution < 1.29 is 71.1 Å². The number of ether oxygens (including phenoxy) is 1. The van der Waals surface area contributed by atoms with Crippen LogP contribution in [0.4, 0.5) is 8.78 Å². The standard InChI is InChI=1S/C69H116F2N12O13/c1-17-20-27-49-63(90)81(15)69(8,9)68(95)74-51(36-41(4)5)62(89)79(13)55(66(93)82-33-22-21-23-34-82)39-57(85)78(12)52(19-3)60(87)75-58(42(6)18-2)67(94)77(11)43(7)61(88)83-35-32-53(83)65(92)80(14)54(37-44-28-30-45(96-16)31-29-44)64(91)76(10)40-56(84)72-50(59(86)73-49)38-46-47(70)25-24-26-48(46)71/h41-55,58H,17-40H2,1-16H3,(H,72,84)(H,73,86)(H,74,95)(H,75,87)/t42-,43-,44?,45?,46?,47?,48?,49-,50-,51-,52-,53-,54-,55-,58-/m0/s1. The Labute approximate surface area is 568 Å². The lowest BCUT2D eigenvalue weighted by Gasteiger charge is -2.45. The molecule has 2 saturated carbocycles. The molecule has 0 bridgehead atoms. The van der Waals surface area contributed by atoms with Gasteiger partial charge in [0.15, 0.2) is 0 Å². The van der Waals surface area contributed by atoms with Crippen molar-refractivity contribution in [2.45, 2.75) is 269 Å². The number of carbonyl (C=O) groups excluding carboxylic acids is 12. The van der Waals surface area contributed by atoms with Crippen molar-refractivity contribution in [1.82, 2.24) is 60.5 Å². The lowest BCUT2D eigenvalue weighted by Crippen LogP contribution is -2.65. The third-order valence-electron chi connectivity index (χ3n) is 21.4. The Morgan fingerprint density at radius 2 is 1.25 bits per heavy atom. The van der Waals surface area contributed by atoms with Gasteiger partial charge in [-0.1, -0.05) is 60.8 Å². The largest absolute Gasteiger partial charge is 0.381 e. The van der Waals surface area contributed by atoms with Crippen LogP contribution in [0.15, 0.2) is 0 Å². The highest BCUT2D eigenvalue weighted by molar-refractivity contribution is 6.00. The predicted molar refractivity (Wildman–Crippen MR) is 357 cm³/mol. The molecule has 5 fully saturated rings. The van der Waals surface area contributed by atoms with Crippen LogP contribution in [0.2, 0.25) is 0 Å². The molecule has 96 heavy (non-hydrogen) atoms. The highest BCUT2D eigenvalue weighted by atomic mass is 19.1. The fraction of sp³-hybridized carbons (Fsp3) is 0.826. The van der Waals surface area contributed by atoms with Crippen LogP contribution in [0, 0.1) is 23.7 Å². The van der Waals surface area contributed by atoms with Crippen LogP contribution in [-0.2, 0) is 62.3 Å². The number of hydrogen-bond donors (Lipinski definition) is 4. The van der Waals surface area contributed by atoms with Crippen molar-refractivity contribution in [1.29, 1.82) is 0 Å². The SMILES string of the molecule is CCCC[C@@H]1NC(=O)[C@H](CC2C(F)CCCC2F)NC(=O)CN(C)C(=O)[C@H](CC2CCC(OC)CC2)N(C)C(=O)[C@@H]2CCN2C(=O)[C@H](C)N(C)C(=O)[C@H]([C@@H](C)CC)NC(=O)[C@H](CC)N(C)C(=O)C[C@@H](C(=O)N2CCCCC2)N(C)C(=O)[C@H](CC(C)C)NC(=O)C(C)(C)N(C)C1=O. The van der Waals surface area contributed by atoms with Crippen molar-refractivity contribution in [3.8, 4) is 0 Å². The summed E-state index contributed by atoms with van der Waals surface area (Å²) < 4.78 is 37.2. The molecule has 25 nitrogen and oxygen atoms in total. The van der Waals surface area contributed by atoms with Crippen molar-refractivity contribution in [2.24, 2.45) is 23.7 Å². The average molecular weight is 1360 g/mol. The molecule has 4 N–H and O–H groups in total. The maximum absolute atomic E-state index is 15.8. The normalized spacial score (nSPS) is 31.5. The Morgan fingerprint density at radius 3 is 1.80 bits per heavy atom. The fourth-order valence-corrected chi connectivity index (χ4v) is 14.0. The van der Waals surface area contributed by atoms with Crippen molar-refractivity contribution >= 4 is 70.9 Å². The lowest BCUT2D eigenvalue weighted by atomic mass is 9.81. The summed E-state index contributed by atoms with van der Waals surface area (Å²) in [6.45, 7) is 15.4. The van der Waals surface area contributed by atoms with E-state index in [0.29, 0.717) is 70.9 Å². The van der Waals surface area contributed by atoms with E-state index < -0.39 is 174 Å². The van der Waals surface area contributed by atoms with Gasteiger partial charge in [-0.25, -0.2) is 8.78 Å². The Hall–Kier alpha value is -6.54. The van der Waals surface area contributed by atoms with Gasteiger partial charge in [-0.15, -0.1) is 0 Å². The molecule has 0 aromatic rings. The maximum atomic E-state index is 15.8. The van der Waals surface area contributed by atoms with Crippen molar-refractivity contribution in [3.05, 3.63) is 0 Å². The van der Waals surface area contributed by atoms with Crippen LogP contribution in [0.5, 0.6) is 0 Å². The number of methoxy groups -OCH3 is 1. The Bertz CT molecular complexity index is 2720. The van der Waals surface area contributed by atoms with Crippen LogP contribution in [0.25, 0.3) is 0 Å². The number of nitrogens with zero attached hydrogens (tertiary/aromatic N) is 8. The average Bonchev–Trinajstić information content (AvgIpc) is 0.777. The van der Waals surface area contributed by atoms with Gasteiger partial charge in [-0.2, -0.15) is 0 Å². The fourth-order valence-electron chi connectivity index (χ4n) is 14.0. The number of rotatable bonds is 14. The van der Waals surface area contributed by atoms with Gasteiger partial charge in [-0.3, -0.25) is 57.5 Å². The number of halogens is 2. The molecule has 3 aliphatic heterocycles. The van der Waals surface area contributed by atoms with Crippen LogP contribution in [0.1, 0.15) is 191 Å².